The Labute approximate surface area is 170 Å². The van der Waals surface area contributed by atoms with Crippen molar-refractivity contribution in [3.05, 3.63) is 77.9 Å². The van der Waals surface area contributed by atoms with Crippen molar-refractivity contribution in [1.82, 2.24) is 0 Å². The number of nitrogens with zero attached hydrogens (tertiary/aromatic N) is 1. The average Bonchev–Trinajstić information content (AvgIpc) is 2.75. The number of hydrogen-bond acceptors (Lipinski definition) is 5. The lowest BCUT2D eigenvalue weighted by Crippen LogP contribution is -2.38. The molecule has 0 aliphatic carbocycles. The van der Waals surface area contributed by atoms with E-state index in [0.29, 0.717) is 19.0 Å². The molecule has 6 nitrogen and oxygen atoms in total. The van der Waals surface area contributed by atoms with Crippen molar-refractivity contribution in [2.24, 2.45) is 5.73 Å². The number of fused-ring (bicyclic) bond motifs is 1. The van der Waals surface area contributed by atoms with Crippen LogP contribution in [0.25, 0.3) is 0 Å². The van der Waals surface area contributed by atoms with Gasteiger partial charge in [-0.2, -0.15) is 0 Å². The maximum Gasteiger partial charge on any atom is 0.348 e. The molecular weight excluding hydrogens is 364 g/mol. The zero-order valence-electron chi connectivity index (χ0n) is 16.6. The minimum absolute atomic E-state index is 0.579. The van der Waals surface area contributed by atoms with Crippen LogP contribution < -0.4 is 25.8 Å². The number of rotatable bonds is 6. The van der Waals surface area contributed by atoms with Gasteiger partial charge in [0.05, 0.1) is 32.9 Å². The quantitative estimate of drug-likeness (QED) is 0.558. The summed E-state index contributed by atoms with van der Waals surface area (Å²) in [6, 6.07) is 22.1. The fourth-order valence-electron chi connectivity index (χ4n) is 3.52. The summed E-state index contributed by atoms with van der Waals surface area (Å²) >= 11 is 0. The molecule has 0 fully saturated rings. The number of nitrogens with two attached hydrogens (primary N) is 1. The molecule has 1 aliphatic heterocycles. The zero-order chi connectivity index (χ0) is 20.2. The highest BCUT2D eigenvalue weighted by atomic mass is 16.5. The molecule has 0 unspecified atom stereocenters. The third-order valence-electron chi connectivity index (χ3n) is 5.02. The maximum atomic E-state index is 6.36. The number of benzene rings is 3. The Morgan fingerprint density at radius 2 is 1.66 bits per heavy atom. The Morgan fingerprint density at radius 1 is 0.931 bits per heavy atom. The summed E-state index contributed by atoms with van der Waals surface area (Å²) in [5, 5.41) is 6.74. The SMILES string of the molecule is COc1cccc(OC)c1C[N+]1=C(N)Nc2cc(Nc3ccccc3)ccc2C1. The highest BCUT2D eigenvalue weighted by Crippen LogP contribution is 2.31. The Morgan fingerprint density at radius 3 is 2.34 bits per heavy atom. The number of ether oxygens (including phenoxy) is 2. The van der Waals surface area contributed by atoms with Crippen molar-refractivity contribution in [3.8, 4) is 11.5 Å². The van der Waals surface area contributed by atoms with E-state index >= 15 is 0 Å². The van der Waals surface area contributed by atoms with Crippen LogP contribution in [0.4, 0.5) is 17.1 Å². The van der Waals surface area contributed by atoms with E-state index in [0.717, 1.165) is 34.1 Å². The molecule has 0 amide bonds. The van der Waals surface area contributed by atoms with Gasteiger partial charge < -0.3 is 14.8 Å². The van der Waals surface area contributed by atoms with Gasteiger partial charge in [-0.1, -0.05) is 30.3 Å². The number of hydrogen-bond donors (Lipinski definition) is 3. The second kappa shape index (κ2) is 8.14. The van der Waals surface area contributed by atoms with Gasteiger partial charge in [-0.3, -0.25) is 10.3 Å². The molecule has 0 aromatic heterocycles. The molecule has 148 valence electrons. The van der Waals surface area contributed by atoms with Crippen LogP contribution in [0.2, 0.25) is 0 Å². The highest BCUT2D eigenvalue weighted by Gasteiger charge is 2.23. The van der Waals surface area contributed by atoms with Crippen LogP contribution in [0, 0.1) is 0 Å². The van der Waals surface area contributed by atoms with E-state index in [1.807, 2.05) is 48.5 Å². The summed E-state index contributed by atoms with van der Waals surface area (Å²) in [7, 11) is 3.33. The normalized spacial score (nSPS) is 12.8. The molecule has 0 saturated heterocycles. The van der Waals surface area contributed by atoms with E-state index in [-0.39, 0.29) is 0 Å². The predicted octanol–water partition coefficient (Wildman–Crippen LogP) is 3.90. The predicted molar refractivity (Wildman–Crippen MR) is 116 cm³/mol. The molecule has 0 bridgehead atoms. The second-order valence-corrected chi connectivity index (χ2v) is 6.87. The molecule has 1 aliphatic rings. The Hall–Kier alpha value is -3.67. The van der Waals surface area contributed by atoms with Crippen molar-refractivity contribution in [2.75, 3.05) is 24.9 Å². The van der Waals surface area contributed by atoms with E-state index in [9.17, 15) is 0 Å². The average molecular weight is 389 g/mol. The molecule has 6 heteroatoms. The number of nitrogens with one attached hydrogen (secondary N) is 2. The van der Waals surface area contributed by atoms with Gasteiger partial charge in [0.15, 0.2) is 0 Å². The number of methoxy groups -OCH3 is 2. The van der Waals surface area contributed by atoms with Crippen LogP contribution in [0.1, 0.15) is 11.1 Å². The molecule has 1 heterocycles. The molecule has 3 aromatic carbocycles. The monoisotopic (exact) mass is 389 g/mol. The van der Waals surface area contributed by atoms with Gasteiger partial charge in [0.1, 0.15) is 17.2 Å². The summed E-state index contributed by atoms with van der Waals surface area (Å²) in [6.07, 6.45) is 0. The van der Waals surface area contributed by atoms with Crippen LogP contribution in [0.5, 0.6) is 11.5 Å². The lowest BCUT2D eigenvalue weighted by molar-refractivity contribution is -0.562. The Kier molecular flexibility index (Phi) is 5.24. The number of anilines is 3. The molecule has 3 aromatic rings. The first-order valence-corrected chi connectivity index (χ1v) is 9.47. The minimum atomic E-state index is 0.579. The van der Waals surface area contributed by atoms with Crippen molar-refractivity contribution >= 4 is 23.0 Å². The lowest BCUT2D eigenvalue weighted by Gasteiger charge is -2.21. The van der Waals surface area contributed by atoms with Crippen molar-refractivity contribution in [2.45, 2.75) is 13.1 Å². The topological polar surface area (TPSA) is 71.5 Å². The molecule has 4 N–H and O–H groups in total. The van der Waals surface area contributed by atoms with Gasteiger partial charge in [-0.25, -0.2) is 5.32 Å². The van der Waals surface area contributed by atoms with Crippen LogP contribution in [0.3, 0.4) is 0 Å². The van der Waals surface area contributed by atoms with Gasteiger partial charge in [0, 0.05) is 23.0 Å². The Balaban J connectivity index is 1.57. The first kappa shape index (κ1) is 18.7. The minimum Gasteiger partial charge on any atom is -0.496 e. The second-order valence-electron chi connectivity index (χ2n) is 6.87. The van der Waals surface area contributed by atoms with Gasteiger partial charge in [-0.15, -0.1) is 0 Å². The molecular formula is C23H25N4O2+. The van der Waals surface area contributed by atoms with E-state index in [1.54, 1.807) is 14.2 Å². The standard InChI is InChI=1S/C23H24N4O2/c1-28-21-9-6-10-22(29-2)19(21)15-27-14-16-11-12-18(13-20(16)26-23(27)24)25-17-7-4-3-5-8-17/h3-13,25H,14-15H2,1-2H3,(H2,24,26)/p+1. The van der Waals surface area contributed by atoms with E-state index in [1.165, 1.54) is 5.56 Å². The lowest BCUT2D eigenvalue weighted by atomic mass is 10.1. The van der Waals surface area contributed by atoms with Gasteiger partial charge in [0.25, 0.3) is 0 Å². The smallest absolute Gasteiger partial charge is 0.348 e. The summed E-state index contributed by atoms with van der Waals surface area (Å²) in [6.45, 7) is 1.27. The molecule has 0 radical (unpaired) electrons. The van der Waals surface area contributed by atoms with Gasteiger partial charge in [-0.05, 0) is 30.3 Å². The largest absolute Gasteiger partial charge is 0.496 e. The van der Waals surface area contributed by atoms with Crippen LogP contribution >= 0.6 is 0 Å². The summed E-state index contributed by atoms with van der Waals surface area (Å²) in [4.78, 5) is 0. The summed E-state index contributed by atoms with van der Waals surface area (Å²) in [5.74, 6) is 2.16. The summed E-state index contributed by atoms with van der Waals surface area (Å²) in [5.41, 5.74) is 11.6. The van der Waals surface area contributed by atoms with Crippen LogP contribution in [-0.4, -0.2) is 24.8 Å². The summed E-state index contributed by atoms with van der Waals surface area (Å²) < 4.78 is 13.1. The van der Waals surface area contributed by atoms with E-state index < -0.39 is 0 Å². The molecule has 0 saturated carbocycles. The van der Waals surface area contributed by atoms with E-state index in [4.69, 9.17) is 15.2 Å². The third-order valence-corrected chi connectivity index (χ3v) is 5.02. The number of guanidine groups is 1. The number of para-hydroxylation sites is 1. The molecule has 0 atom stereocenters. The van der Waals surface area contributed by atoms with E-state index in [2.05, 4.69) is 33.4 Å². The Bertz CT molecular complexity index is 1030. The van der Waals surface area contributed by atoms with Crippen LogP contribution in [-0.2, 0) is 13.1 Å². The van der Waals surface area contributed by atoms with Gasteiger partial charge in [0.2, 0.25) is 0 Å². The van der Waals surface area contributed by atoms with Gasteiger partial charge >= 0.3 is 5.96 Å². The fraction of sp³-hybridized carbons (Fsp3) is 0.174. The third kappa shape index (κ3) is 3.96. The highest BCUT2D eigenvalue weighted by molar-refractivity contribution is 5.91. The molecule has 0 spiro atoms. The maximum absolute atomic E-state index is 6.36. The molecule has 29 heavy (non-hydrogen) atoms. The van der Waals surface area contributed by atoms with Crippen molar-refractivity contribution < 1.29 is 14.0 Å². The van der Waals surface area contributed by atoms with Crippen LogP contribution in [0.15, 0.2) is 66.7 Å². The van der Waals surface area contributed by atoms with Crippen molar-refractivity contribution in [1.29, 1.82) is 0 Å². The first-order valence-electron chi connectivity index (χ1n) is 9.47. The first-order chi connectivity index (χ1) is 14.2. The zero-order valence-corrected chi connectivity index (χ0v) is 16.6. The fourth-order valence-corrected chi connectivity index (χ4v) is 3.52. The molecule has 4 rings (SSSR count). The van der Waals surface area contributed by atoms with Crippen molar-refractivity contribution in [3.63, 3.8) is 0 Å².